The zero-order valence-corrected chi connectivity index (χ0v) is 14.0. The minimum atomic E-state index is -0.356. The molecule has 5 heteroatoms. The van der Waals surface area contributed by atoms with Crippen LogP contribution < -0.4 is 10.1 Å². The molecule has 2 rings (SSSR count). The lowest BCUT2D eigenvalue weighted by Crippen LogP contribution is -2.14. The predicted octanol–water partition coefficient (Wildman–Crippen LogP) is 5.53. The molecule has 112 valence electrons. The molecule has 0 saturated heterocycles. The highest BCUT2D eigenvalue weighted by Crippen LogP contribution is 2.36. The highest BCUT2D eigenvalue weighted by Gasteiger charge is 2.12. The van der Waals surface area contributed by atoms with Crippen molar-refractivity contribution in [3.8, 4) is 11.5 Å². The second-order valence-corrected chi connectivity index (χ2v) is 5.84. The molecule has 0 unspecified atom stereocenters. The molecule has 0 atom stereocenters. The number of rotatable bonds is 6. The van der Waals surface area contributed by atoms with Crippen LogP contribution in [0.1, 0.15) is 18.9 Å². The second-order valence-electron chi connectivity index (χ2n) is 4.58. The molecule has 0 aliphatic heterocycles. The molecule has 0 spiro atoms. The molecule has 0 aliphatic carbocycles. The highest BCUT2D eigenvalue weighted by atomic mass is 79.9. The first kappa shape index (κ1) is 16.3. The van der Waals surface area contributed by atoms with Crippen LogP contribution >= 0.6 is 27.5 Å². The third-order valence-corrected chi connectivity index (χ3v) is 3.85. The maximum atomic E-state index is 13.4. The Morgan fingerprint density at radius 3 is 2.86 bits per heavy atom. The molecule has 21 heavy (non-hydrogen) atoms. The first-order valence-electron chi connectivity index (χ1n) is 6.73. The van der Waals surface area contributed by atoms with Gasteiger partial charge in [-0.05, 0) is 47.1 Å². The Morgan fingerprint density at radius 2 is 2.10 bits per heavy atom. The molecule has 0 radical (unpaired) electrons. The summed E-state index contributed by atoms with van der Waals surface area (Å²) in [7, 11) is 0. The van der Waals surface area contributed by atoms with E-state index in [4.69, 9.17) is 16.3 Å². The van der Waals surface area contributed by atoms with Gasteiger partial charge in [0.15, 0.2) is 5.75 Å². The molecule has 0 saturated carbocycles. The molecule has 0 heterocycles. The lowest BCUT2D eigenvalue weighted by atomic mass is 10.2. The number of para-hydroxylation sites is 1. The fraction of sp³-hybridized carbons (Fsp3) is 0.250. The van der Waals surface area contributed by atoms with E-state index in [1.165, 1.54) is 12.1 Å². The Hall–Kier alpha value is -1.10. The van der Waals surface area contributed by atoms with E-state index in [9.17, 15) is 4.39 Å². The van der Waals surface area contributed by atoms with E-state index < -0.39 is 0 Å². The number of nitrogens with one attached hydrogen (secondary N) is 1. The fourth-order valence-electron chi connectivity index (χ4n) is 1.87. The van der Waals surface area contributed by atoms with Gasteiger partial charge in [-0.15, -0.1) is 0 Å². The molecular formula is C16H16BrClFNO. The van der Waals surface area contributed by atoms with Crippen molar-refractivity contribution < 1.29 is 9.13 Å². The number of halogens is 3. The van der Waals surface area contributed by atoms with Crippen molar-refractivity contribution in [3.05, 3.63) is 57.3 Å². The lowest BCUT2D eigenvalue weighted by molar-refractivity contribution is 0.465. The Balaban J connectivity index is 2.27. The lowest BCUT2D eigenvalue weighted by Gasteiger charge is -2.14. The number of hydrogen-bond donors (Lipinski definition) is 1. The van der Waals surface area contributed by atoms with Crippen molar-refractivity contribution in [2.45, 2.75) is 19.9 Å². The smallest absolute Gasteiger partial charge is 0.150 e. The van der Waals surface area contributed by atoms with Crippen LogP contribution in [-0.4, -0.2) is 6.54 Å². The Labute approximate surface area is 137 Å². The summed E-state index contributed by atoms with van der Waals surface area (Å²) in [5.74, 6) is 0.597. The van der Waals surface area contributed by atoms with Crippen molar-refractivity contribution in [3.63, 3.8) is 0 Å². The van der Waals surface area contributed by atoms with Crippen LogP contribution in [0.15, 0.2) is 40.9 Å². The van der Waals surface area contributed by atoms with Crippen molar-refractivity contribution in [2.24, 2.45) is 0 Å². The molecule has 0 amide bonds. The number of benzene rings is 2. The monoisotopic (exact) mass is 371 g/mol. The molecule has 2 nitrogen and oxygen atoms in total. The molecule has 1 N–H and O–H groups in total. The van der Waals surface area contributed by atoms with Gasteiger partial charge in [0.2, 0.25) is 0 Å². The second kappa shape index (κ2) is 7.78. The Morgan fingerprint density at radius 1 is 1.29 bits per heavy atom. The maximum Gasteiger partial charge on any atom is 0.150 e. The maximum absolute atomic E-state index is 13.4. The number of hydrogen-bond acceptors (Lipinski definition) is 2. The van der Waals surface area contributed by atoms with Crippen LogP contribution in [-0.2, 0) is 6.54 Å². The minimum absolute atomic E-state index is 0.356. The van der Waals surface area contributed by atoms with E-state index >= 15 is 0 Å². The molecule has 0 aliphatic rings. The van der Waals surface area contributed by atoms with Crippen molar-refractivity contribution in [1.82, 2.24) is 5.32 Å². The van der Waals surface area contributed by atoms with E-state index in [0.717, 1.165) is 18.5 Å². The van der Waals surface area contributed by atoms with Gasteiger partial charge in [0.1, 0.15) is 11.6 Å². The van der Waals surface area contributed by atoms with E-state index in [2.05, 4.69) is 28.2 Å². The van der Waals surface area contributed by atoms with Crippen LogP contribution in [0.5, 0.6) is 11.5 Å². The van der Waals surface area contributed by atoms with E-state index in [1.807, 2.05) is 12.1 Å². The summed E-state index contributed by atoms with van der Waals surface area (Å²) in [6.45, 7) is 3.67. The summed E-state index contributed by atoms with van der Waals surface area (Å²) in [6.07, 6.45) is 1.05. The van der Waals surface area contributed by atoms with Gasteiger partial charge < -0.3 is 10.1 Å². The fourth-order valence-corrected chi connectivity index (χ4v) is 2.43. The molecule has 0 fully saturated rings. The Kier molecular flexibility index (Phi) is 6.03. The zero-order valence-electron chi connectivity index (χ0n) is 11.6. The van der Waals surface area contributed by atoms with Gasteiger partial charge in [-0.1, -0.05) is 30.7 Å². The molecule has 2 aromatic rings. The van der Waals surface area contributed by atoms with Gasteiger partial charge in [0, 0.05) is 18.2 Å². The van der Waals surface area contributed by atoms with Crippen LogP contribution in [0.2, 0.25) is 5.02 Å². The first-order chi connectivity index (χ1) is 10.1. The van der Waals surface area contributed by atoms with Crippen LogP contribution in [0, 0.1) is 5.82 Å². The van der Waals surface area contributed by atoms with E-state index in [0.29, 0.717) is 27.5 Å². The van der Waals surface area contributed by atoms with Gasteiger partial charge in [-0.2, -0.15) is 0 Å². The topological polar surface area (TPSA) is 21.3 Å². The van der Waals surface area contributed by atoms with E-state index in [1.54, 1.807) is 12.1 Å². The number of ether oxygens (including phenoxy) is 1. The minimum Gasteiger partial charge on any atom is -0.454 e. The van der Waals surface area contributed by atoms with Gasteiger partial charge in [0.25, 0.3) is 0 Å². The van der Waals surface area contributed by atoms with Gasteiger partial charge in [-0.3, -0.25) is 0 Å². The van der Waals surface area contributed by atoms with Gasteiger partial charge >= 0.3 is 0 Å². The van der Waals surface area contributed by atoms with Crippen LogP contribution in [0.4, 0.5) is 4.39 Å². The van der Waals surface area contributed by atoms with Crippen LogP contribution in [0.3, 0.4) is 0 Å². The zero-order chi connectivity index (χ0) is 15.2. The van der Waals surface area contributed by atoms with E-state index in [-0.39, 0.29) is 5.82 Å². The summed E-state index contributed by atoms with van der Waals surface area (Å²) < 4.78 is 19.9. The van der Waals surface area contributed by atoms with Crippen molar-refractivity contribution in [2.75, 3.05) is 6.54 Å². The largest absolute Gasteiger partial charge is 0.454 e. The summed E-state index contributed by atoms with van der Waals surface area (Å²) >= 11 is 9.57. The standard InChI is InChI=1S/C16H16BrClFNO/c1-2-8-20-10-11-4-3-5-14(18)16(11)21-15-9-12(19)6-7-13(15)17/h3-7,9,20H,2,8,10H2,1H3. The molecular weight excluding hydrogens is 357 g/mol. The van der Waals surface area contributed by atoms with Crippen molar-refractivity contribution >= 4 is 27.5 Å². The quantitative estimate of drug-likeness (QED) is 0.673. The summed E-state index contributed by atoms with van der Waals surface area (Å²) in [6, 6.07) is 9.88. The molecule has 0 bridgehead atoms. The third-order valence-electron chi connectivity index (χ3n) is 2.90. The van der Waals surface area contributed by atoms with Gasteiger partial charge in [-0.25, -0.2) is 4.39 Å². The average Bonchev–Trinajstić information content (AvgIpc) is 2.46. The normalized spacial score (nSPS) is 10.7. The van der Waals surface area contributed by atoms with Crippen molar-refractivity contribution in [1.29, 1.82) is 0 Å². The predicted molar refractivity (Wildman–Crippen MR) is 87.6 cm³/mol. The SMILES string of the molecule is CCCNCc1cccc(Cl)c1Oc1cc(F)ccc1Br. The first-order valence-corrected chi connectivity index (χ1v) is 7.90. The Bertz CT molecular complexity index is 621. The van der Waals surface area contributed by atoms with Crippen LogP contribution in [0.25, 0.3) is 0 Å². The molecule has 2 aromatic carbocycles. The summed E-state index contributed by atoms with van der Waals surface area (Å²) in [5.41, 5.74) is 0.937. The highest BCUT2D eigenvalue weighted by molar-refractivity contribution is 9.10. The summed E-state index contributed by atoms with van der Waals surface area (Å²) in [5, 5.41) is 3.81. The van der Waals surface area contributed by atoms with Gasteiger partial charge in [0.05, 0.1) is 9.50 Å². The average molecular weight is 373 g/mol. The molecule has 0 aromatic heterocycles. The summed E-state index contributed by atoms with van der Waals surface area (Å²) in [4.78, 5) is 0. The third kappa shape index (κ3) is 4.43.